The number of aryl methyl sites for hydroxylation is 1. The van der Waals surface area contributed by atoms with Crippen molar-refractivity contribution in [3.63, 3.8) is 0 Å². The monoisotopic (exact) mass is 300 g/mol. The Morgan fingerprint density at radius 1 is 1.14 bits per heavy atom. The highest BCUT2D eigenvalue weighted by Gasteiger charge is 2.12. The van der Waals surface area contributed by atoms with Crippen molar-refractivity contribution in [1.82, 2.24) is 18.7 Å². The summed E-state index contributed by atoms with van der Waals surface area (Å²) in [5.74, 6) is 0.710. The van der Waals surface area contributed by atoms with Gasteiger partial charge < -0.3 is 4.74 Å². The molecule has 0 fully saturated rings. The van der Waals surface area contributed by atoms with Crippen molar-refractivity contribution in [3.05, 3.63) is 57.5 Å². The van der Waals surface area contributed by atoms with Gasteiger partial charge in [0.05, 0.1) is 7.11 Å². The van der Waals surface area contributed by atoms with E-state index in [4.69, 9.17) is 4.74 Å². The highest BCUT2D eigenvalue weighted by molar-refractivity contribution is 5.42. The number of hydrogen-bond donors (Lipinski definition) is 0. The number of ether oxygens (including phenoxy) is 1. The summed E-state index contributed by atoms with van der Waals surface area (Å²) >= 11 is 0. The van der Waals surface area contributed by atoms with Gasteiger partial charge in [-0.3, -0.25) is 9.36 Å². The van der Waals surface area contributed by atoms with Crippen LogP contribution in [0.1, 0.15) is 13.3 Å². The molecule has 2 heterocycles. The van der Waals surface area contributed by atoms with Crippen molar-refractivity contribution >= 4 is 5.65 Å². The second kappa shape index (κ2) is 5.51. The summed E-state index contributed by atoms with van der Waals surface area (Å²) in [7, 11) is 1.58. The number of rotatable bonds is 4. The van der Waals surface area contributed by atoms with E-state index in [1.807, 2.05) is 6.92 Å². The zero-order valence-corrected chi connectivity index (χ0v) is 12.4. The molecule has 0 saturated heterocycles. The molecule has 114 valence electrons. The zero-order chi connectivity index (χ0) is 15.7. The predicted molar refractivity (Wildman–Crippen MR) is 81.9 cm³/mol. The summed E-state index contributed by atoms with van der Waals surface area (Å²) in [6, 6.07) is 7.09. The SMILES string of the molecule is CCCn1nc2c(=O)n(-c3ccc(OC)cc3)ccn2c1=O. The summed E-state index contributed by atoms with van der Waals surface area (Å²) in [5, 5.41) is 4.13. The van der Waals surface area contributed by atoms with Gasteiger partial charge in [-0.1, -0.05) is 6.92 Å². The van der Waals surface area contributed by atoms with Crippen LogP contribution in [0.3, 0.4) is 0 Å². The fraction of sp³-hybridized carbons (Fsp3) is 0.267. The second-order valence-electron chi connectivity index (χ2n) is 4.87. The molecule has 1 aromatic carbocycles. The Morgan fingerprint density at radius 2 is 1.86 bits per heavy atom. The highest BCUT2D eigenvalue weighted by atomic mass is 16.5. The van der Waals surface area contributed by atoms with Crippen LogP contribution in [0.25, 0.3) is 11.3 Å². The lowest BCUT2D eigenvalue weighted by Crippen LogP contribution is -2.24. The third-order valence-electron chi connectivity index (χ3n) is 3.43. The van der Waals surface area contributed by atoms with Crippen LogP contribution >= 0.6 is 0 Å². The Labute approximate surface area is 126 Å². The summed E-state index contributed by atoms with van der Waals surface area (Å²) in [4.78, 5) is 24.7. The molecule has 0 atom stereocenters. The first kappa shape index (κ1) is 14.1. The molecule has 3 aromatic rings. The van der Waals surface area contributed by atoms with Crippen LogP contribution < -0.4 is 16.0 Å². The van der Waals surface area contributed by atoms with Gasteiger partial charge in [-0.15, -0.1) is 5.10 Å². The molecule has 7 nitrogen and oxygen atoms in total. The van der Waals surface area contributed by atoms with Gasteiger partial charge in [0.2, 0.25) is 5.65 Å². The molecule has 0 aliphatic rings. The molecule has 7 heteroatoms. The molecule has 0 aliphatic carbocycles. The predicted octanol–water partition coefficient (Wildman–Crippen LogP) is 1.07. The first-order valence-corrected chi connectivity index (χ1v) is 7.01. The van der Waals surface area contributed by atoms with Crippen molar-refractivity contribution in [1.29, 1.82) is 0 Å². The third-order valence-corrected chi connectivity index (χ3v) is 3.43. The lowest BCUT2D eigenvalue weighted by molar-refractivity contribution is 0.414. The van der Waals surface area contributed by atoms with Gasteiger partial charge in [0.15, 0.2) is 0 Å². The average Bonchev–Trinajstić information content (AvgIpc) is 2.86. The largest absolute Gasteiger partial charge is 0.497 e. The molecule has 0 saturated carbocycles. The summed E-state index contributed by atoms with van der Waals surface area (Å²) in [5.41, 5.74) is 0.179. The topological polar surface area (TPSA) is 70.5 Å². The Bertz CT molecular complexity index is 919. The summed E-state index contributed by atoms with van der Waals surface area (Å²) in [6.07, 6.45) is 3.90. The first-order chi connectivity index (χ1) is 10.7. The van der Waals surface area contributed by atoms with Crippen LogP contribution in [-0.2, 0) is 6.54 Å². The highest BCUT2D eigenvalue weighted by Crippen LogP contribution is 2.13. The third kappa shape index (κ3) is 2.20. The van der Waals surface area contributed by atoms with Gasteiger partial charge in [-0.05, 0) is 30.7 Å². The van der Waals surface area contributed by atoms with Gasteiger partial charge in [0.1, 0.15) is 5.75 Å². The van der Waals surface area contributed by atoms with Crippen molar-refractivity contribution in [3.8, 4) is 11.4 Å². The van der Waals surface area contributed by atoms with Crippen LogP contribution in [0.15, 0.2) is 46.2 Å². The van der Waals surface area contributed by atoms with E-state index in [1.165, 1.54) is 13.6 Å². The smallest absolute Gasteiger partial charge is 0.350 e. The van der Waals surface area contributed by atoms with Crippen molar-refractivity contribution in [2.45, 2.75) is 19.9 Å². The molecule has 22 heavy (non-hydrogen) atoms. The average molecular weight is 300 g/mol. The van der Waals surface area contributed by atoms with Gasteiger partial charge in [0.25, 0.3) is 0 Å². The zero-order valence-electron chi connectivity index (χ0n) is 12.4. The Balaban J connectivity index is 2.17. The van der Waals surface area contributed by atoms with E-state index < -0.39 is 0 Å². The fourth-order valence-electron chi connectivity index (χ4n) is 2.31. The van der Waals surface area contributed by atoms with Gasteiger partial charge >= 0.3 is 11.2 Å². The van der Waals surface area contributed by atoms with E-state index >= 15 is 0 Å². The molecular formula is C15H16N4O3. The Kier molecular flexibility index (Phi) is 3.54. The first-order valence-electron chi connectivity index (χ1n) is 7.01. The Morgan fingerprint density at radius 3 is 2.50 bits per heavy atom. The number of fused-ring (bicyclic) bond motifs is 1. The number of aromatic nitrogens is 4. The quantitative estimate of drug-likeness (QED) is 0.722. The van der Waals surface area contributed by atoms with E-state index in [0.717, 1.165) is 6.42 Å². The van der Waals surface area contributed by atoms with Gasteiger partial charge in [-0.2, -0.15) is 0 Å². The maximum atomic E-state index is 12.5. The van der Waals surface area contributed by atoms with Crippen LogP contribution in [0.4, 0.5) is 0 Å². The Hall–Kier alpha value is -2.83. The van der Waals surface area contributed by atoms with Gasteiger partial charge in [-0.25, -0.2) is 13.9 Å². The number of hydrogen-bond acceptors (Lipinski definition) is 4. The van der Waals surface area contributed by atoms with Crippen molar-refractivity contribution < 1.29 is 4.74 Å². The van der Waals surface area contributed by atoms with E-state index in [0.29, 0.717) is 18.0 Å². The maximum absolute atomic E-state index is 12.5. The maximum Gasteiger partial charge on any atom is 0.350 e. The number of methoxy groups -OCH3 is 1. The lowest BCUT2D eigenvalue weighted by Gasteiger charge is -2.06. The molecule has 0 aliphatic heterocycles. The second-order valence-corrected chi connectivity index (χ2v) is 4.87. The molecular weight excluding hydrogens is 284 g/mol. The van der Waals surface area contributed by atoms with Crippen LogP contribution in [0, 0.1) is 0 Å². The molecule has 2 aromatic heterocycles. The van der Waals surface area contributed by atoms with Crippen molar-refractivity contribution in [2.24, 2.45) is 0 Å². The molecule has 0 bridgehead atoms. The van der Waals surface area contributed by atoms with Crippen molar-refractivity contribution in [2.75, 3.05) is 7.11 Å². The molecule has 0 radical (unpaired) electrons. The van der Waals surface area contributed by atoms with Crippen LogP contribution in [-0.4, -0.2) is 25.9 Å². The minimum atomic E-state index is -0.334. The normalized spacial score (nSPS) is 11.0. The van der Waals surface area contributed by atoms with E-state index in [1.54, 1.807) is 43.8 Å². The van der Waals surface area contributed by atoms with E-state index in [9.17, 15) is 9.59 Å². The minimum absolute atomic E-state index is 0.122. The fourth-order valence-corrected chi connectivity index (χ4v) is 2.31. The summed E-state index contributed by atoms with van der Waals surface area (Å²) < 4.78 is 9.15. The molecule has 0 N–H and O–H groups in total. The minimum Gasteiger partial charge on any atom is -0.497 e. The van der Waals surface area contributed by atoms with Crippen LogP contribution in [0.5, 0.6) is 5.75 Å². The van der Waals surface area contributed by atoms with E-state index in [-0.39, 0.29) is 16.9 Å². The molecule has 0 spiro atoms. The molecule has 0 amide bonds. The summed E-state index contributed by atoms with van der Waals surface area (Å²) in [6.45, 7) is 2.44. The van der Waals surface area contributed by atoms with Gasteiger partial charge in [0, 0.05) is 24.6 Å². The standard InChI is InChI=1S/C15H16N4O3/c1-3-8-19-15(21)18-10-9-17(14(20)13(18)16-19)11-4-6-12(22-2)7-5-11/h4-7,9-10H,3,8H2,1-2H3. The molecule has 0 unspecified atom stereocenters. The lowest BCUT2D eigenvalue weighted by atomic mass is 10.3. The van der Waals surface area contributed by atoms with Crippen LogP contribution in [0.2, 0.25) is 0 Å². The number of benzene rings is 1. The number of nitrogens with zero attached hydrogens (tertiary/aromatic N) is 4. The van der Waals surface area contributed by atoms with E-state index in [2.05, 4.69) is 5.10 Å². The molecule has 3 rings (SSSR count).